The summed E-state index contributed by atoms with van der Waals surface area (Å²) in [6, 6.07) is 0. The quantitative estimate of drug-likeness (QED) is 0.151. The molecule has 1 aliphatic heterocycles. The van der Waals surface area contributed by atoms with Crippen LogP contribution in [0.1, 0.15) is 47.0 Å². The Morgan fingerprint density at radius 1 is 1.44 bits per heavy atom. The fraction of sp³-hybridized carbons (Fsp3) is 0.812. The van der Waals surface area contributed by atoms with Crippen molar-refractivity contribution in [3.05, 3.63) is 12.2 Å². The van der Waals surface area contributed by atoms with Gasteiger partial charge in [-0.25, -0.2) is 0 Å². The molecule has 0 fully saturated rings. The average Bonchev–Trinajstić information content (AvgIpc) is 2.33. The number of halogens is 1. The first-order chi connectivity index (χ1) is 8.63. The predicted molar refractivity (Wildman–Crippen MR) is 98.5 cm³/mol. The summed E-state index contributed by atoms with van der Waals surface area (Å²) in [5.41, 5.74) is 0. The maximum absolute atomic E-state index is 2.63. The Morgan fingerprint density at radius 3 is 2.94 bits per heavy atom. The Balaban J connectivity index is 2.09. The van der Waals surface area contributed by atoms with Gasteiger partial charge in [-0.1, -0.05) is 36.9 Å². The van der Waals surface area contributed by atoms with Crippen LogP contribution >= 0.6 is 20.7 Å². The minimum atomic E-state index is 0.391. The van der Waals surface area contributed by atoms with Crippen molar-refractivity contribution in [3.8, 4) is 0 Å². The first-order valence-electron chi connectivity index (χ1n) is 7.34. The van der Waals surface area contributed by atoms with Gasteiger partial charge in [-0.05, 0) is 49.8 Å². The zero-order valence-electron chi connectivity index (χ0n) is 12.4. The van der Waals surface area contributed by atoms with Crippen molar-refractivity contribution >= 4 is 36.5 Å². The minimum absolute atomic E-state index is 0.391. The van der Waals surface area contributed by atoms with Crippen LogP contribution in [0.2, 0.25) is 0 Å². The highest BCUT2D eigenvalue weighted by Crippen LogP contribution is 2.30. The summed E-state index contributed by atoms with van der Waals surface area (Å²) in [4.78, 5) is 0. The molecule has 0 aromatic heterocycles. The third kappa shape index (κ3) is 6.74. The molecule has 1 aliphatic rings. The van der Waals surface area contributed by atoms with E-state index in [0.29, 0.717) is 20.7 Å². The van der Waals surface area contributed by atoms with E-state index < -0.39 is 0 Å². The Kier molecular flexibility index (Phi) is 8.90. The van der Waals surface area contributed by atoms with E-state index in [4.69, 9.17) is 0 Å². The first-order valence-corrected chi connectivity index (χ1v) is 11.1. The molecule has 1 heterocycles. The van der Waals surface area contributed by atoms with Crippen LogP contribution < -0.4 is 0 Å². The van der Waals surface area contributed by atoms with E-state index >= 15 is 0 Å². The molecule has 0 radical (unpaired) electrons. The van der Waals surface area contributed by atoms with Gasteiger partial charge in [0, 0.05) is 9.84 Å². The van der Waals surface area contributed by atoms with Crippen molar-refractivity contribution in [2.75, 3.05) is 11.5 Å². The summed E-state index contributed by atoms with van der Waals surface area (Å²) in [5.74, 6) is 5.61. The molecule has 0 aromatic carbocycles. The summed E-state index contributed by atoms with van der Waals surface area (Å²) < 4.78 is 3.67. The number of hydrogen-bond donors (Lipinski definition) is 0. The molecule has 0 spiro atoms. The maximum Gasteiger partial charge on any atom is 0.109 e. The Hall–Kier alpha value is 0.690. The molecule has 0 unspecified atom stereocenters. The molecular weight excluding hydrogens is 351 g/mol. The molecule has 0 aliphatic carbocycles. The molecule has 4 atom stereocenters. The normalized spacial score (nSPS) is 30.3. The number of alkyl halides is 1. The zero-order chi connectivity index (χ0) is 13.4. The van der Waals surface area contributed by atoms with Crippen LogP contribution in [0.25, 0.3) is 0 Å². The van der Waals surface area contributed by atoms with Crippen molar-refractivity contribution in [2.24, 2.45) is 17.8 Å². The van der Waals surface area contributed by atoms with Crippen molar-refractivity contribution < 1.29 is 0 Å². The van der Waals surface area contributed by atoms with Gasteiger partial charge in [0.05, 0.1) is 0 Å². The molecule has 0 nitrogen and oxygen atoms in total. The van der Waals surface area contributed by atoms with E-state index in [1.54, 1.807) is 11.8 Å². The number of hydrogen-bond acceptors (Lipinski definition) is 0. The smallest absolute Gasteiger partial charge is 0.109 e. The molecule has 1 rings (SSSR count). The molecule has 0 bridgehead atoms. The second-order valence-electron chi connectivity index (χ2n) is 5.68. The lowest BCUT2D eigenvalue weighted by atomic mass is 9.96. The number of rotatable bonds is 7. The van der Waals surface area contributed by atoms with Crippen LogP contribution in [0.4, 0.5) is 0 Å². The van der Waals surface area contributed by atoms with Gasteiger partial charge >= 0.3 is 0 Å². The van der Waals surface area contributed by atoms with Crippen LogP contribution in [-0.2, 0) is 11.8 Å². The molecule has 18 heavy (non-hydrogen) atoms. The second kappa shape index (κ2) is 9.57. The van der Waals surface area contributed by atoms with Gasteiger partial charge in [0.2, 0.25) is 0 Å². The molecule has 0 aromatic rings. The van der Waals surface area contributed by atoms with Crippen LogP contribution in [-0.4, -0.2) is 19.4 Å². The molecular formula is C16H30IS+. The molecule has 0 amide bonds. The lowest BCUT2D eigenvalue weighted by Gasteiger charge is -2.24. The van der Waals surface area contributed by atoms with Crippen molar-refractivity contribution in [3.63, 3.8) is 0 Å². The van der Waals surface area contributed by atoms with Gasteiger partial charge in [0.25, 0.3) is 0 Å². The van der Waals surface area contributed by atoms with Crippen molar-refractivity contribution in [1.82, 2.24) is 0 Å². The van der Waals surface area contributed by atoms with E-state index in [0.717, 1.165) is 21.7 Å². The van der Waals surface area contributed by atoms with Crippen LogP contribution in [0.15, 0.2) is 12.2 Å². The van der Waals surface area contributed by atoms with Crippen LogP contribution in [0.5, 0.6) is 0 Å². The largest absolute Gasteiger partial charge is 0.123 e. The first kappa shape index (κ1) is 16.7. The van der Waals surface area contributed by atoms with Gasteiger partial charge < -0.3 is 0 Å². The third-order valence-corrected chi connectivity index (χ3v) is 8.82. The lowest BCUT2D eigenvalue weighted by Crippen LogP contribution is -2.24. The zero-order valence-corrected chi connectivity index (χ0v) is 15.5. The molecule has 0 saturated heterocycles. The van der Waals surface area contributed by atoms with E-state index in [9.17, 15) is 0 Å². The fourth-order valence-corrected chi connectivity index (χ4v) is 7.07. The minimum Gasteiger partial charge on any atom is -0.123 e. The summed E-state index contributed by atoms with van der Waals surface area (Å²) in [6.07, 6.45) is 8.76. The Labute approximate surface area is 128 Å². The van der Waals surface area contributed by atoms with Gasteiger partial charge in [-0.2, -0.15) is 0 Å². The summed E-state index contributed by atoms with van der Waals surface area (Å²) in [5, 5.41) is 0. The Morgan fingerprint density at radius 2 is 2.22 bits per heavy atom. The second-order valence-corrected chi connectivity index (χ2v) is 10.3. The SMILES string of the molecule is C/C=C\[C@H](C)CCC[SH+]C[C@@H]1C[C@@H](C)C=I[C@H]1C. The molecule has 106 valence electrons. The van der Waals surface area contributed by atoms with Gasteiger partial charge in [-0.15, -0.1) is 20.7 Å². The predicted octanol–water partition coefficient (Wildman–Crippen LogP) is 4.61. The molecule has 2 heteroatoms. The van der Waals surface area contributed by atoms with Crippen molar-refractivity contribution in [1.29, 1.82) is 0 Å². The number of allylic oxidation sites excluding steroid dienone is 2. The highest BCUT2D eigenvalue weighted by molar-refractivity contribution is 14.2. The standard InChI is InChI=1S/C16H29IS/c1-5-7-13(2)8-6-9-18-12-16-10-14(3)11-17-15(16)4/h5,7,11,13-16H,6,8-10,12H2,1-4H3/p+1/b7-5-/t13-,14+,15-,16-/m0/s1. The highest BCUT2D eigenvalue weighted by Gasteiger charge is 2.24. The highest BCUT2D eigenvalue weighted by atomic mass is 127. The molecule has 0 N–H and O–H groups in total. The Bertz CT molecular complexity index is 272. The lowest BCUT2D eigenvalue weighted by molar-refractivity contribution is 0.498. The van der Waals surface area contributed by atoms with E-state index in [-0.39, 0.29) is 0 Å². The van der Waals surface area contributed by atoms with Crippen LogP contribution in [0, 0.1) is 17.8 Å². The van der Waals surface area contributed by atoms with Gasteiger partial charge in [-0.3, -0.25) is 0 Å². The third-order valence-electron chi connectivity index (χ3n) is 3.67. The summed E-state index contributed by atoms with van der Waals surface area (Å²) in [7, 11) is 0. The number of thiol groups is 1. The van der Waals surface area contributed by atoms with E-state index in [2.05, 4.69) is 43.9 Å². The van der Waals surface area contributed by atoms with Crippen molar-refractivity contribution in [2.45, 2.75) is 50.9 Å². The maximum atomic E-state index is 2.63. The van der Waals surface area contributed by atoms with E-state index in [1.807, 2.05) is 0 Å². The molecule has 0 saturated carbocycles. The topological polar surface area (TPSA) is 0 Å². The van der Waals surface area contributed by atoms with Crippen LogP contribution in [0.3, 0.4) is 0 Å². The monoisotopic (exact) mass is 381 g/mol. The van der Waals surface area contributed by atoms with Gasteiger partial charge in [0.1, 0.15) is 11.5 Å². The fourth-order valence-electron chi connectivity index (χ4n) is 2.48. The average molecular weight is 381 g/mol. The van der Waals surface area contributed by atoms with Gasteiger partial charge in [0.15, 0.2) is 0 Å². The van der Waals surface area contributed by atoms with E-state index in [1.165, 1.54) is 30.8 Å². The summed E-state index contributed by atoms with van der Waals surface area (Å²) >= 11 is 2.10. The summed E-state index contributed by atoms with van der Waals surface area (Å²) in [6.45, 7) is 9.36.